The van der Waals surface area contributed by atoms with E-state index in [-0.39, 0.29) is 23.9 Å². The van der Waals surface area contributed by atoms with Gasteiger partial charge in [0.1, 0.15) is 17.2 Å². The molecule has 238 valence electrons. The van der Waals surface area contributed by atoms with Crippen molar-refractivity contribution in [2.75, 3.05) is 66.8 Å². The minimum absolute atomic E-state index is 0.0293. The molecule has 5 heterocycles. The van der Waals surface area contributed by atoms with E-state index in [0.29, 0.717) is 30.4 Å². The Morgan fingerprint density at radius 3 is 2.20 bits per heavy atom. The molecule has 13 heteroatoms. The Morgan fingerprint density at radius 1 is 0.870 bits per heavy atom. The van der Waals surface area contributed by atoms with Gasteiger partial charge in [-0.15, -0.1) is 0 Å². The number of piperazine rings is 1. The van der Waals surface area contributed by atoms with Crippen LogP contribution in [-0.4, -0.2) is 89.1 Å². The SMILES string of the molecule is CN(C)C(=O)c1cc2cnc(Nc3ccc(N4CCN(c5ccc(N6CCC(=O)NC6=O)cc5)CC4)cn3)nc2n1C1CCCC1. The topological polar surface area (TPSA) is 132 Å². The summed E-state index contributed by atoms with van der Waals surface area (Å²) in [6.07, 6.45) is 8.33. The van der Waals surface area contributed by atoms with Crippen molar-refractivity contribution >= 4 is 57.7 Å². The van der Waals surface area contributed by atoms with Crippen molar-refractivity contribution in [1.82, 2.24) is 29.7 Å². The highest BCUT2D eigenvalue weighted by atomic mass is 16.2. The molecule has 4 amide bonds. The second-order valence-electron chi connectivity index (χ2n) is 12.3. The van der Waals surface area contributed by atoms with Crippen LogP contribution in [0, 0.1) is 0 Å². The van der Waals surface area contributed by atoms with Crippen LogP contribution >= 0.6 is 0 Å². The monoisotopic (exact) mass is 622 g/mol. The third kappa shape index (κ3) is 5.80. The number of carbonyl (C=O) groups excluding carboxylic acids is 3. The lowest BCUT2D eigenvalue weighted by atomic mass is 10.2. The number of benzene rings is 1. The Labute approximate surface area is 267 Å². The lowest BCUT2D eigenvalue weighted by molar-refractivity contribution is -0.120. The molecule has 3 fully saturated rings. The van der Waals surface area contributed by atoms with Gasteiger partial charge in [0.05, 0.1) is 11.9 Å². The van der Waals surface area contributed by atoms with Gasteiger partial charge in [-0.3, -0.25) is 19.8 Å². The average molecular weight is 623 g/mol. The largest absolute Gasteiger partial charge is 0.368 e. The molecular weight excluding hydrogens is 584 g/mol. The molecule has 2 N–H and O–H groups in total. The Hall–Kier alpha value is -5.20. The van der Waals surface area contributed by atoms with Crippen molar-refractivity contribution in [3.63, 3.8) is 0 Å². The Balaban J connectivity index is 0.991. The second-order valence-corrected chi connectivity index (χ2v) is 12.3. The van der Waals surface area contributed by atoms with Crippen molar-refractivity contribution in [1.29, 1.82) is 0 Å². The fourth-order valence-corrected chi connectivity index (χ4v) is 6.63. The summed E-state index contributed by atoms with van der Waals surface area (Å²) in [5.74, 6) is 0.834. The quantitative estimate of drug-likeness (QED) is 0.312. The summed E-state index contributed by atoms with van der Waals surface area (Å²) in [5.41, 5.74) is 4.35. The number of aromatic nitrogens is 4. The first-order valence-electron chi connectivity index (χ1n) is 15.9. The average Bonchev–Trinajstić information content (AvgIpc) is 3.73. The molecule has 1 aromatic carbocycles. The van der Waals surface area contributed by atoms with Crippen LogP contribution in [0.2, 0.25) is 0 Å². The van der Waals surface area contributed by atoms with Crippen LogP contribution in [0.25, 0.3) is 11.0 Å². The van der Waals surface area contributed by atoms with Gasteiger partial charge in [-0.1, -0.05) is 12.8 Å². The molecule has 0 unspecified atom stereocenters. The lowest BCUT2D eigenvalue weighted by Crippen LogP contribution is -2.49. The molecule has 13 nitrogen and oxygen atoms in total. The molecule has 2 saturated heterocycles. The van der Waals surface area contributed by atoms with E-state index in [9.17, 15) is 14.4 Å². The first-order valence-corrected chi connectivity index (χ1v) is 15.9. The molecule has 1 aliphatic carbocycles. The zero-order valence-electron chi connectivity index (χ0n) is 26.1. The van der Waals surface area contributed by atoms with Gasteiger partial charge in [-0.05, 0) is 55.3 Å². The minimum atomic E-state index is -0.373. The van der Waals surface area contributed by atoms with Crippen LogP contribution in [0.5, 0.6) is 0 Å². The van der Waals surface area contributed by atoms with E-state index >= 15 is 0 Å². The van der Waals surface area contributed by atoms with E-state index in [0.717, 1.165) is 80.0 Å². The molecule has 3 aliphatic rings. The normalized spacial score (nSPS) is 17.5. The molecular formula is C33H38N10O3. The number of imide groups is 1. The van der Waals surface area contributed by atoms with Crippen molar-refractivity contribution in [2.24, 2.45) is 0 Å². The summed E-state index contributed by atoms with van der Waals surface area (Å²) in [4.78, 5) is 58.5. The molecule has 0 atom stereocenters. The number of pyridine rings is 1. The van der Waals surface area contributed by atoms with Crippen LogP contribution in [-0.2, 0) is 4.79 Å². The van der Waals surface area contributed by atoms with E-state index in [1.165, 1.54) is 0 Å². The molecule has 1 saturated carbocycles. The number of carbonyl (C=O) groups is 3. The van der Waals surface area contributed by atoms with Gasteiger partial charge in [0.25, 0.3) is 5.91 Å². The maximum absolute atomic E-state index is 13.0. The van der Waals surface area contributed by atoms with E-state index in [1.54, 1.807) is 30.1 Å². The van der Waals surface area contributed by atoms with Gasteiger partial charge in [0.2, 0.25) is 11.9 Å². The molecule has 0 spiro atoms. The van der Waals surface area contributed by atoms with Gasteiger partial charge in [-0.25, -0.2) is 14.8 Å². The van der Waals surface area contributed by atoms with Crippen molar-refractivity contribution in [2.45, 2.75) is 38.1 Å². The summed E-state index contributed by atoms with van der Waals surface area (Å²) in [6, 6.07) is 13.7. The first-order chi connectivity index (χ1) is 22.3. The van der Waals surface area contributed by atoms with E-state index in [1.807, 2.05) is 42.6 Å². The van der Waals surface area contributed by atoms with Crippen molar-refractivity contribution < 1.29 is 14.4 Å². The first kappa shape index (κ1) is 29.5. The maximum atomic E-state index is 13.0. The predicted molar refractivity (Wildman–Crippen MR) is 177 cm³/mol. The number of hydrogen-bond donors (Lipinski definition) is 2. The van der Waals surface area contributed by atoms with Crippen LogP contribution in [0.15, 0.2) is 54.9 Å². The number of fused-ring (bicyclic) bond motifs is 1. The highest BCUT2D eigenvalue weighted by Gasteiger charge is 2.27. The standard InChI is InChI=1S/C33H38N10O3/c1-39(2)31(45)27-19-22-20-35-32(38-30(22)43(27)25-5-3-4-6-25)36-28-12-11-26(21-34-28)41-17-15-40(16-18-41)23-7-9-24(10-8-23)42-14-13-29(44)37-33(42)46/h7-12,19-21,25H,3-6,13-18H2,1-2H3,(H,37,44,46)(H,34,35,36,38). The van der Waals surface area contributed by atoms with Crippen LogP contribution in [0.4, 0.5) is 33.6 Å². The maximum Gasteiger partial charge on any atom is 0.328 e. The summed E-state index contributed by atoms with van der Waals surface area (Å²) >= 11 is 0. The van der Waals surface area contributed by atoms with Crippen molar-refractivity contribution in [3.05, 3.63) is 60.6 Å². The molecule has 3 aromatic heterocycles. The Kier molecular flexibility index (Phi) is 7.89. The Bertz CT molecular complexity index is 1760. The van der Waals surface area contributed by atoms with Crippen molar-refractivity contribution in [3.8, 4) is 0 Å². The number of rotatable bonds is 7. The summed E-state index contributed by atoms with van der Waals surface area (Å²) < 4.78 is 2.11. The van der Waals surface area contributed by atoms with Gasteiger partial charge < -0.3 is 24.6 Å². The van der Waals surface area contributed by atoms with Crippen LogP contribution < -0.4 is 25.3 Å². The smallest absolute Gasteiger partial charge is 0.328 e. The fraction of sp³-hybridized carbons (Fsp3) is 0.394. The number of urea groups is 1. The van der Waals surface area contributed by atoms with Gasteiger partial charge >= 0.3 is 6.03 Å². The number of nitrogens with one attached hydrogen (secondary N) is 2. The minimum Gasteiger partial charge on any atom is -0.368 e. The third-order valence-corrected chi connectivity index (χ3v) is 9.10. The summed E-state index contributed by atoms with van der Waals surface area (Å²) in [6.45, 7) is 3.79. The van der Waals surface area contributed by atoms with Crippen LogP contribution in [0.1, 0.15) is 48.6 Å². The Morgan fingerprint density at radius 2 is 1.54 bits per heavy atom. The van der Waals surface area contributed by atoms with Crippen LogP contribution in [0.3, 0.4) is 0 Å². The van der Waals surface area contributed by atoms with Gasteiger partial charge in [0.15, 0.2) is 0 Å². The molecule has 46 heavy (non-hydrogen) atoms. The van der Waals surface area contributed by atoms with E-state index in [4.69, 9.17) is 4.98 Å². The second kappa shape index (κ2) is 12.3. The highest BCUT2D eigenvalue weighted by molar-refractivity contribution is 6.05. The predicted octanol–water partition coefficient (Wildman–Crippen LogP) is 4.16. The number of amides is 4. The number of nitrogens with zero attached hydrogens (tertiary/aromatic N) is 8. The van der Waals surface area contributed by atoms with Gasteiger partial charge in [-0.2, -0.15) is 4.98 Å². The number of hydrogen-bond acceptors (Lipinski definition) is 9. The van der Waals surface area contributed by atoms with E-state index in [2.05, 4.69) is 41.0 Å². The zero-order chi connectivity index (χ0) is 31.8. The zero-order valence-corrected chi connectivity index (χ0v) is 26.1. The number of anilines is 5. The molecule has 4 aromatic rings. The fourth-order valence-electron chi connectivity index (χ4n) is 6.63. The molecule has 2 aliphatic heterocycles. The summed E-state index contributed by atoms with van der Waals surface area (Å²) in [7, 11) is 3.55. The lowest BCUT2D eigenvalue weighted by Gasteiger charge is -2.37. The molecule has 7 rings (SSSR count). The molecule has 0 bridgehead atoms. The summed E-state index contributed by atoms with van der Waals surface area (Å²) in [5, 5.41) is 6.48. The highest BCUT2D eigenvalue weighted by Crippen LogP contribution is 2.35. The van der Waals surface area contributed by atoms with Gasteiger partial charge in [0, 0.05) is 82.2 Å². The van der Waals surface area contributed by atoms with E-state index < -0.39 is 0 Å². The molecule has 0 radical (unpaired) electrons. The third-order valence-electron chi connectivity index (χ3n) is 9.10.